The predicted molar refractivity (Wildman–Crippen MR) is 90.5 cm³/mol. The topological polar surface area (TPSA) is 59.9 Å². The Morgan fingerprint density at radius 1 is 1.27 bits per heavy atom. The third kappa shape index (κ3) is 4.04. The van der Waals surface area contributed by atoms with Crippen LogP contribution in [0.1, 0.15) is 25.3 Å². The maximum absolute atomic E-state index is 12.0. The van der Waals surface area contributed by atoms with Crippen molar-refractivity contribution in [3.8, 4) is 11.5 Å². The smallest absolute Gasteiger partial charge is 0.264 e. The maximum atomic E-state index is 12.0. The molecular weight excluding hydrogens is 300 g/mol. The van der Waals surface area contributed by atoms with Gasteiger partial charge >= 0.3 is 0 Å². The molecule has 1 heterocycles. The summed E-state index contributed by atoms with van der Waals surface area (Å²) in [6.45, 7) is 2.85. The lowest BCUT2D eigenvalue weighted by molar-refractivity contribution is -0.115. The van der Waals surface area contributed by atoms with Crippen molar-refractivity contribution >= 4 is 28.9 Å². The molecule has 2 rings (SSSR count). The summed E-state index contributed by atoms with van der Waals surface area (Å²) in [7, 11) is 3.18. The molecule has 1 aromatic carbocycles. The Balaban J connectivity index is 2.16. The van der Waals surface area contributed by atoms with Crippen molar-refractivity contribution in [3.05, 3.63) is 28.7 Å². The average Bonchev–Trinajstić information content (AvgIpc) is 2.87. The molecule has 1 saturated heterocycles. The third-order valence-corrected chi connectivity index (χ3v) is 4.07. The Bertz CT molecular complexity index is 611. The molecule has 0 aliphatic carbocycles. The lowest BCUT2D eigenvalue weighted by Gasteiger charge is -2.07. The SMILES string of the molecule is CCCCN=C1NC(=O)/C(=C/c2ccc(OC)c(OC)c2)S1. The summed E-state index contributed by atoms with van der Waals surface area (Å²) >= 11 is 1.37. The molecule has 0 bridgehead atoms. The monoisotopic (exact) mass is 320 g/mol. The number of aliphatic imine (C=N–C) groups is 1. The number of hydrogen-bond acceptors (Lipinski definition) is 5. The summed E-state index contributed by atoms with van der Waals surface area (Å²) < 4.78 is 10.5. The summed E-state index contributed by atoms with van der Waals surface area (Å²) in [5.74, 6) is 1.18. The predicted octanol–water partition coefficient (Wildman–Crippen LogP) is 3.06. The molecule has 0 radical (unpaired) electrons. The standard InChI is InChI=1S/C16H20N2O3S/c1-4-5-8-17-16-18-15(19)14(22-16)10-11-6-7-12(20-2)13(9-11)21-3/h6-7,9-10H,4-5,8H2,1-3H3,(H,17,18,19)/b14-10-. The largest absolute Gasteiger partial charge is 0.493 e. The van der Waals surface area contributed by atoms with Crippen LogP contribution in [-0.2, 0) is 4.79 Å². The van der Waals surface area contributed by atoms with E-state index < -0.39 is 0 Å². The lowest BCUT2D eigenvalue weighted by atomic mass is 10.2. The Kier molecular flexibility index (Phi) is 5.89. The van der Waals surface area contributed by atoms with Crippen LogP contribution >= 0.6 is 11.8 Å². The first-order valence-electron chi connectivity index (χ1n) is 7.15. The number of unbranched alkanes of at least 4 members (excludes halogenated alkanes) is 1. The van der Waals surface area contributed by atoms with E-state index in [1.54, 1.807) is 14.2 Å². The molecule has 0 atom stereocenters. The van der Waals surface area contributed by atoms with Crippen molar-refractivity contribution in [2.24, 2.45) is 4.99 Å². The highest BCUT2D eigenvalue weighted by molar-refractivity contribution is 8.18. The Morgan fingerprint density at radius 2 is 2.05 bits per heavy atom. The molecule has 5 nitrogen and oxygen atoms in total. The minimum absolute atomic E-state index is 0.116. The maximum Gasteiger partial charge on any atom is 0.264 e. The van der Waals surface area contributed by atoms with Gasteiger partial charge in [0, 0.05) is 6.54 Å². The first-order chi connectivity index (χ1) is 10.7. The van der Waals surface area contributed by atoms with E-state index in [-0.39, 0.29) is 5.91 Å². The normalized spacial score (nSPS) is 17.9. The highest BCUT2D eigenvalue weighted by Gasteiger charge is 2.23. The van der Waals surface area contributed by atoms with Gasteiger partial charge in [-0.2, -0.15) is 0 Å². The van der Waals surface area contributed by atoms with E-state index in [4.69, 9.17) is 9.47 Å². The second-order valence-electron chi connectivity index (χ2n) is 4.72. The molecular formula is C16H20N2O3S. The van der Waals surface area contributed by atoms with Crippen molar-refractivity contribution < 1.29 is 14.3 Å². The van der Waals surface area contributed by atoms with Crippen LogP contribution in [0.2, 0.25) is 0 Å². The van der Waals surface area contributed by atoms with E-state index >= 15 is 0 Å². The molecule has 0 unspecified atom stereocenters. The van der Waals surface area contributed by atoms with E-state index in [0.717, 1.165) is 24.9 Å². The van der Waals surface area contributed by atoms with Gasteiger partial charge in [-0.1, -0.05) is 19.4 Å². The zero-order chi connectivity index (χ0) is 15.9. The molecule has 0 spiro atoms. The summed E-state index contributed by atoms with van der Waals surface area (Å²) in [6, 6.07) is 5.54. The van der Waals surface area contributed by atoms with Gasteiger partial charge in [-0.3, -0.25) is 9.79 Å². The molecule has 118 valence electrons. The molecule has 1 fully saturated rings. The fourth-order valence-electron chi connectivity index (χ4n) is 1.93. The van der Waals surface area contributed by atoms with E-state index in [1.807, 2.05) is 24.3 Å². The summed E-state index contributed by atoms with van der Waals surface area (Å²) in [5.41, 5.74) is 0.880. The highest BCUT2D eigenvalue weighted by atomic mass is 32.2. The number of amidine groups is 1. The minimum Gasteiger partial charge on any atom is -0.493 e. The van der Waals surface area contributed by atoms with Gasteiger partial charge in [-0.15, -0.1) is 0 Å². The van der Waals surface area contributed by atoms with Gasteiger partial charge in [0.1, 0.15) is 0 Å². The number of benzene rings is 1. The third-order valence-electron chi connectivity index (χ3n) is 3.12. The molecule has 1 aromatic rings. The second kappa shape index (κ2) is 7.89. The van der Waals surface area contributed by atoms with E-state index in [9.17, 15) is 4.79 Å². The zero-order valence-electron chi connectivity index (χ0n) is 13.0. The van der Waals surface area contributed by atoms with Gasteiger partial charge in [0.2, 0.25) is 0 Å². The Hall–Kier alpha value is -1.95. The quantitative estimate of drug-likeness (QED) is 0.646. The Morgan fingerprint density at radius 3 is 2.73 bits per heavy atom. The number of carbonyl (C=O) groups is 1. The summed E-state index contributed by atoms with van der Waals surface area (Å²) in [4.78, 5) is 17.0. The van der Waals surface area contributed by atoms with Crippen LogP contribution in [0.4, 0.5) is 0 Å². The fraction of sp³-hybridized carbons (Fsp3) is 0.375. The van der Waals surface area contributed by atoms with Crippen molar-refractivity contribution in [2.45, 2.75) is 19.8 Å². The van der Waals surface area contributed by atoms with Gasteiger partial charge in [0.15, 0.2) is 16.7 Å². The molecule has 0 saturated carbocycles. The van der Waals surface area contributed by atoms with Gasteiger partial charge in [0.25, 0.3) is 5.91 Å². The summed E-state index contributed by atoms with van der Waals surface area (Å²) in [6.07, 6.45) is 3.93. The van der Waals surface area contributed by atoms with Crippen LogP contribution < -0.4 is 14.8 Å². The van der Waals surface area contributed by atoms with Gasteiger partial charge in [-0.05, 0) is 42.0 Å². The molecule has 6 heteroatoms. The highest BCUT2D eigenvalue weighted by Crippen LogP contribution is 2.31. The number of methoxy groups -OCH3 is 2. The van der Waals surface area contributed by atoms with Gasteiger partial charge < -0.3 is 14.8 Å². The van der Waals surface area contributed by atoms with Crippen LogP contribution in [0.3, 0.4) is 0 Å². The molecule has 1 aliphatic rings. The first kappa shape index (κ1) is 16.4. The minimum atomic E-state index is -0.116. The molecule has 22 heavy (non-hydrogen) atoms. The molecule has 1 amide bonds. The molecule has 1 aliphatic heterocycles. The number of ether oxygens (including phenoxy) is 2. The number of carbonyl (C=O) groups excluding carboxylic acids is 1. The van der Waals surface area contributed by atoms with E-state index in [1.165, 1.54) is 11.8 Å². The van der Waals surface area contributed by atoms with Crippen molar-refractivity contribution in [1.29, 1.82) is 0 Å². The molecule has 0 aromatic heterocycles. The lowest BCUT2D eigenvalue weighted by Crippen LogP contribution is -2.19. The van der Waals surface area contributed by atoms with Crippen LogP contribution in [0.25, 0.3) is 6.08 Å². The average molecular weight is 320 g/mol. The number of amides is 1. The molecule has 1 N–H and O–H groups in total. The van der Waals surface area contributed by atoms with Gasteiger partial charge in [-0.25, -0.2) is 0 Å². The summed E-state index contributed by atoms with van der Waals surface area (Å²) in [5, 5.41) is 3.46. The number of rotatable bonds is 6. The number of nitrogens with zero attached hydrogens (tertiary/aromatic N) is 1. The van der Waals surface area contributed by atoms with E-state index in [0.29, 0.717) is 21.6 Å². The van der Waals surface area contributed by atoms with Crippen molar-refractivity contribution in [3.63, 3.8) is 0 Å². The van der Waals surface area contributed by atoms with Crippen molar-refractivity contribution in [2.75, 3.05) is 20.8 Å². The van der Waals surface area contributed by atoms with Gasteiger partial charge in [0.05, 0.1) is 19.1 Å². The zero-order valence-corrected chi connectivity index (χ0v) is 13.8. The van der Waals surface area contributed by atoms with Crippen molar-refractivity contribution in [1.82, 2.24) is 5.32 Å². The van der Waals surface area contributed by atoms with E-state index in [2.05, 4.69) is 17.2 Å². The number of thioether (sulfide) groups is 1. The Labute approximate surface area is 134 Å². The second-order valence-corrected chi connectivity index (χ2v) is 5.75. The number of nitrogens with one attached hydrogen (secondary N) is 1. The number of hydrogen-bond donors (Lipinski definition) is 1. The van der Waals surface area contributed by atoms with Crippen LogP contribution in [-0.4, -0.2) is 31.8 Å². The fourth-order valence-corrected chi connectivity index (χ4v) is 2.78. The van der Waals surface area contributed by atoms with Crippen LogP contribution in [0.5, 0.6) is 11.5 Å². The van der Waals surface area contributed by atoms with Crippen LogP contribution in [0, 0.1) is 0 Å². The van der Waals surface area contributed by atoms with Crippen LogP contribution in [0.15, 0.2) is 28.1 Å². The first-order valence-corrected chi connectivity index (χ1v) is 7.97.